The van der Waals surface area contributed by atoms with Gasteiger partial charge in [0.05, 0.1) is 10.8 Å². The molecular weight excluding hydrogens is 314 g/mol. The van der Waals surface area contributed by atoms with Gasteiger partial charge in [-0.15, -0.1) is 0 Å². The minimum Gasteiger partial charge on any atom is -0.481 e. The fourth-order valence-corrected chi connectivity index (χ4v) is 4.36. The molecule has 0 aromatic heterocycles. The summed E-state index contributed by atoms with van der Waals surface area (Å²) in [4.78, 5) is 11.2. The molecule has 1 aliphatic carbocycles. The van der Waals surface area contributed by atoms with Crippen LogP contribution < -0.4 is 4.72 Å². The Hall–Kier alpha value is -1.11. The lowest BCUT2D eigenvalue weighted by atomic mass is 9.97. The van der Waals surface area contributed by atoms with E-state index in [4.69, 9.17) is 16.7 Å². The van der Waals surface area contributed by atoms with Crippen molar-refractivity contribution in [2.45, 2.75) is 31.1 Å². The van der Waals surface area contributed by atoms with Crippen LogP contribution in [0.25, 0.3) is 0 Å². The molecule has 7 heteroatoms. The number of sulfonamides is 1. The first-order valence-corrected chi connectivity index (χ1v) is 8.66. The van der Waals surface area contributed by atoms with Gasteiger partial charge in [-0.05, 0) is 43.4 Å². The molecule has 2 unspecified atom stereocenters. The lowest BCUT2D eigenvalue weighted by Gasteiger charge is -2.17. The van der Waals surface area contributed by atoms with Gasteiger partial charge < -0.3 is 5.11 Å². The van der Waals surface area contributed by atoms with E-state index in [1.807, 2.05) is 0 Å². The fourth-order valence-electron chi connectivity index (χ4n) is 2.76. The van der Waals surface area contributed by atoms with Gasteiger partial charge in [-0.2, -0.15) is 0 Å². The SMILES string of the molecule is Cc1ccc(Cl)cc1S(=O)(=O)NCC1CCCC1C(=O)O. The van der Waals surface area contributed by atoms with Gasteiger partial charge in [0.1, 0.15) is 0 Å². The Bertz CT molecular complexity index is 644. The second-order valence-electron chi connectivity index (χ2n) is 5.40. The minimum absolute atomic E-state index is 0.139. The Morgan fingerprint density at radius 1 is 1.43 bits per heavy atom. The minimum atomic E-state index is -3.68. The van der Waals surface area contributed by atoms with Gasteiger partial charge in [-0.25, -0.2) is 13.1 Å². The molecule has 1 aromatic rings. The van der Waals surface area contributed by atoms with Crippen LogP contribution in [0.2, 0.25) is 5.02 Å². The number of nitrogens with one attached hydrogen (secondary N) is 1. The maximum absolute atomic E-state index is 12.3. The lowest BCUT2D eigenvalue weighted by Crippen LogP contribution is -2.33. The number of carboxylic acid groups (broad SMARTS) is 1. The Morgan fingerprint density at radius 3 is 2.81 bits per heavy atom. The molecular formula is C14H18ClNO4S. The lowest BCUT2D eigenvalue weighted by molar-refractivity contribution is -0.142. The van der Waals surface area contributed by atoms with Crippen molar-refractivity contribution in [1.82, 2.24) is 4.72 Å². The molecule has 0 aliphatic heterocycles. The summed E-state index contributed by atoms with van der Waals surface area (Å²) in [6, 6.07) is 4.68. The van der Waals surface area contributed by atoms with Gasteiger partial charge in [0.15, 0.2) is 0 Å². The summed E-state index contributed by atoms with van der Waals surface area (Å²) >= 11 is 5.84. The van der Waals surface area contributed by atoms with Crippen LogP contribution >= 0.6 is 11.6 Å². The van der Waals surface area contributed by atoms with Gasteiger partial charge >= 0.3 is 5.97 Å². The van der Waals surface area contributed by atoms with Crippen LogP contribution in [0.5, 0.6) is 0 Å². The maximum Gasteiger partial charge on any atom is 0.306 e. The third-order valence-corrected chi connectivity index (χ3v) is 5.75. The van der Waals surface area contributed by atoms with Crippen LogP contribution in [0, 0.1) is 18.8 Å². The summed E-state index contributed by atoms with van der Waals surface area (Å²) in [5, 5.41) is 9.47. The highest BCUT2D eigenvalue weighted by atomic mass is 35.5. The Labute approximate surface area is 129 Å². The molecule has 1 saturated carbocycles. The molecule has 1 aromatic carbocycles. The number of hydrogen-bond donors (Lipinski definition) is 2. The average molecular weight is 332 g/mol. The zero-order valence-electron chi connectivity index (χ0n) is 11.7. The van der Waals surface area contributed by atoms with Crippen molar-refractivity contribution in [2.24, 2.45) is 11.8 Å². The summed E-state index contributed by atoms with van der Waals surface area (Å²) in [5.74, 6) is -1.47. The van der Waals surface area contributed by atoms with Crippen molar-refractivity contribution in [2.75, 3.05) is 6.54 Å². The molecule has 116 valence electrons. The van der Waals surface area contributed by atoms with E-state index in [1.54, 1.807) is 19.1 Å². The van der Waals surface area contributed by atoms with Gasteiger partial charge in [0.25, 0.3) is 0 Å². The van der Waals surface area contributed by atoms with Gasteiger partial charge in [0.2, 0.25) is 10.0 Å². The first-order valence-electron chi connectivity index (χ1n) is 6.80. The number of aliphatic carboxylic acids is 1. The molecule has 0 heterocycles. The molecule has 2 N–H and O–H groups in total. The molecule has 0 bridgehead atoms. The van der Waals surface area contributed by atoms with E-state index in [0.717, 1.165) is 12.8 Å². The number of rotatable bonds is 5. The Morgan fingerprint density at radius 2 is 2.14 bits per heavy atom. The van der Waals surface area contributed by atoms with E-state index < -0.39 is 21.9 Å². The molecule has 0 amide bonds. The zero-order chi connectivity index (χ0) is 15.6. The largest absolute Gasteiger partial charge is 0.481 e. The molecule has 21 heavy (non-hydrogen) atoms. The topological polar surface area (TPSA) is 83.5 Å². The predicted octanol–water partition coefficient (Wildman–Crippen LogP) is 2.43. The van der Waals surface area contributed by atoms with Gasteiger partial charge in [-0.1, -0.05) is 24.1 Å². The normalized spacial score (nSPS) is 22.4. The Balaban J connectivity index is 2.11. The predicted molar refractivity (Wildman–Crippen MR) is 79.8 cm³/mol. The van der Waals surface area contributed by atoms with E-state index in [9.17, 15) is 13.2 Å². The third-order valence-electron chi connectivity index (χ3n) is 3.95. The number of halogens is 1. The fraction of sp³-hybridized carbons (Fsp3) is 0.500. The average Bonchev–Trinajstić information content (AvgIpc) is 2.88. The van der Waals surface area contributed by atoms with E-state index in [0.29, 0.717) is 17.0 Å². The second-order valence-corrected chi connectivity index (χ2v) is 7.57. The molecule has 0 radical (unpaired) electrons. The van der Waals surface area contributed by atoms with Crippen LogP contribution in [-0.4, -0.2) is 26.0 Å². The highest BCUT2D eigenvalue weighted by Gasteiger charge is 2.33. The number of benzene rings is 1. The first kappa shape index (κ1) is 16.3. The second kappa shape index (κ2) is 6.34. The van der Waals surface area contributed by atoms with E-state index in [-0.39, 0.29) is 17.4 Å². The highest BCUT2D eigenvalue weighted by Crippen LogP contribution is 2.31. The quantitative estimate of drug-likeness (QED) is 0.868. The molecule has 0 spiro atoms. The number of hydrogen-bond acceptors (Lipinski definition) is 3. The first-order chi connectivity index (χ1) is 9.81. The molecule has 1 aliphatic rings. The molecule has 1 fully saturated rings. The molecule has 5 nitrogen and oxygen atoms in total. The van der Waals surface area contributed by atoms with Gasteiger partial charge in [-0.3, -0.25) is 4.79 Å². The number of aryl methyl sites for hydroxylation is 1. The molecule has 0 saturated heterocycles. The summed E-state index contributed by atoms with van der Waals surface area (Å²) in [7, 11) is -3.68. The third kappa shape index (κ3) is 3.75. The molecule has 2 atom stereocenters. The summed E-state index contributed by atoms with van der Waals surface area (Å²) in [6.45, 7) is 1.84. The standard InChI is InChI=1S/C14H18ClNO4S/c1-9-5-6-11(15)7-13(9)21(19,20)16-8-10-3-2-4-12(10)14(17)18/h5-7,10,12,16H,2-4,8H2,1H3,(H,17,18). The van der Waals surface area contributed by atoms with E-state index in [1.165, 1.54) is 6.07 Å². The molecule has 2 rings (SSSR count). The van der Waals surface area contributed by atoms with Crippen LogP contribution in [0.15, 0.2) is 23.1 Å². The smallest absolute Gasteiger partial charge is 0.306 e. The summed E-state index contributed by atoms with van der Waals surface area (Å²) < 4.78 is 27.2. The van der Waals surface area contributed by atoms with Crippen LogP contribution in [-0.2, 0) is 14.8 Å². The van der Waals surface area contributed by atoms with Crippen LogP contribution in [0.1, 0.15) is 24.8 Å². The zero-order valence-corrected chi connectivity index (χ0v) is 13.2. The van der Waals surface area contributed by atoms with Crippen molar-refractivity contribution >= 4 is 27.6 Å². The highest BCUT2D eigenvalue weighted by molar-refractivity contribution is 7.89. The number of carbonyl (C=O) groups is 1. The monoisotopic (exact) mass is 331 g/mol. The summed E-state index contributed by atoms with van der Waals surface area (Å²) in [5.41, 5.74) is 0.605. The number of carboxylic acids is 1. The van der Waals surface area contributed by atoms with Crippen molar-refractivity contribution in [1.29, 1.82) is 0 Å². The van der Waals surface area contributed by atoms with E-state index >= 15 is 0 Å². The van der Waals surface area contributed by atoms with Crippen LogP contribution in [0.3, 0.4) is 0 Å². The Kier molecular flexibility index (Phi) is 4.91. The van der Waals surface area contributed by atoms with Crippen molar-refractivity contribution in [3.05, 3.63) is 28.8 Å². The van der Waals surface area contributed by atoms with Crippen molar-refractivity contribution in [3.8, 4) is 0 Å². The maximum atomic E-state index is 12.3. The summed E-state index contributed by atoms with van der Waals surface area (Å²) in [6.07, 6.45) is 2.16. The van der Waals surface area contributed by atoms with Crippen LogP contribution in [0.4, 0.5) is 0 Å². The van der Waals surface area contributed by atoms with Crippen molar-refractivity contribution < 1.29 is 18.3 Å². The van der Waals surface area contributed by atoms with Crippen molar-refractivity contribution in [3.63, 3.8) is 0 Å². The van der Waals surface area contributed by atoms with Gasteiger partial charge in [0, 0.05) is 11.6 Å². The van der Waals surface area contributed by atoms with E-state index in [2.05, 4.69) is 4.72 Å².